The molecule has 2 unspecified atom stereocenters. The number of unbranched alkanes of at least 4 members (excludes halogenated alkanes) is 3. The maximum Gasteiger partial charge on any atom is 0.0831 e. The zero-order chi connectivity index (χ0) is 15.1. The fourth-order valence-electron chi connectivity index (χ4n) is 3.56. The Balaban J connectivity index is 1.77. The van der Waals surface area contributed by atoms with Gasteiger partial charge in [0.05, 0.1) is 14.2 Å². The van der Waals surface area contributed by atoms with Crippen molar-refractivity contribution in [3.05, 3.63) is 30.3 Å². The van der Waals surface area contributed by atoms with Gasteiger partial charge >= 0.3 is 0 Å². The molecule has 0 bridgehead atoms. The number of hydrogen-bond acceptors (Lipinski definition) is 1. The van der Waals surface area contributed by atoms with Crippen LogP contribution < -0.4 is 5.19 Å². The van der Waals surface area contributed by atoms with Gasteiger partial charge in [-0.25, -0.2) is 0 Å². The van der Waals surface area contributed by atoms with Gasteiger partial charge in [-0.05, 0) is 24.8 Å². The first-order valence-electron chi connectivity index (χ1n) is 8.79. The molecule has 2 atom stereocenters. The molecular formula is C19H32OSi. The van der Waals surface area contributed by atoms with Crippen molar-refractivity contribution in [2.75, 3.05) is 6.61 Å². The van der Waals surface area contributed by atoms with E-state index in [1.165, 1.54) is 44.6 Å². The molecule has 0 aliphatic carbocycles. The van der Waals surface area contributed by atoms with E-state index in [0.29, 0.717) is 6.10 Å². The van der Waals surface area contributed by atoms with Crippen LogP contribution in [0.15, 0.2) is 30.3 Å². The summed E-state index contributed by atoms with van der Waals surface area (Å²) in [5.41, 5.74) is 0. The average Bonchev–Trinajstić information content (AvgIpc) is 2.91. The Labute approximate surface area is 132 Å². The van der Waals surface area contributed by atoms with Crippen molar-refractivity contribution in [3.8, 4) is 0 Å². The maximum atomic E-state index is 6.11. The molecule has 1 fully saturated rings. The smallest absolute Gasteiger partial charge is 0.0831 e. The van der Waals surface area contributed by atoms with E-state index in [-0.39, 0.29) is 0 Å². The highest BCUT2D eigenvalue weighted by molar-refractivity contribution is 6.89. The second-order valence-electron chi connectivity index (χ2n) is 7.36. The minimum Gasteiger partial charge on any atom is -0.378 e. The molecule has 1 aliphatic rings. The van der Waals surface area contributed by atoms with Gasteiger partial charge in [0.2, 0.25) is 0 Å². The van der Waals surface area contributed by atoms with Gasteiger partial charge in [-0.1, -0.05) is 81.2 Å². The van der Waals surface area contributed by atoms with Crippen LogP contribution in [0.4, 0.5) is 0 Å². The summed E-state index contributed by atoms with van der Waals surface area (Å²) < 4.78 is 6.11. The minimum absolute atomic E-state index is 0.517. The lowest BCUT2D eigenvalue weighted by Crippen LogP contribution is -2.43. The molecule has 1 aromatic carbocycles. The van der Waals surface area contributed by atoms with E-state index in [1.807, 2.05) is 0 Å². The summed E-state index contributed by atoms with van der Waals surface area (Å²) in [6.07, 6.45) is 8.73. The van der Waals surface area contributed by atoms with Crippen molar-refractivity contribution in [2.45, 2.75) is 70.7 Å². The van der Waals surface area contributed by atoms with Crippen LogP contribution >= 0.6 is 0 Å². The summed E-state index contributed by atoms with van der Waals surface area (Å²) in [5, 5.41) is 1.57. The Kier molecular flexibility index (Phi) is 6.50. The third-order valence-electron chi connectivity index (χ3n) is 4.92. The Morgan fingerprint density at radius 2 is 1.86 bits per heavy atom. The molecule has 1 nitrogen and oxygen atoms in total. The number of hydrogen-bond donors (Lipinski definition) is 0. The molecule has 0 radical (unpaired) electrons. The lowest BCUT2D eigenvalue weighted by atomic mass is 9.98. The average molecular weight is 305 g/mol. The highest BCUT2D eigenvalue weighted by Crippen LogP contribution is 2.29. The summed E-state index contributed by atoms with van der Waals surface area (Å²) in [6.45, 7) is 8.27. The van der Waals surface area contributed by atoms with Crippen LogP contribution in [0, 0.1) is 5.92 Å². The number of ether oxygens (including phenoxy) is 1. The molecule has 0 aromatic heterocycles. The lowest BCUT2D eigenvalue weighted by molar-refractivity contribution is 0.118. The predicted octanol–water partition coefficient (Wildman–Crippen LogP) is 4.98. The molecule has 2 heteroatoms. The van der Waals surface area contributed by atoms with Gasteiger partial charge in [-0.2, -0.15) is 0 Å². The molecule has 21 heavy (non-hydrogen) atoms. The van der Waals surface area contributed by atoms with Crippen LogP contribution in [0.1, 0.15) is 45.4 Å². The van der Waals surface area contributed by atoms with E-state index >= 15 is 0 Å². The van der Waals surface area contributed by atoms with Crippen molar-refractivity contribution in [1.82, 2.24) is 0 Å². The fraction of sp³-hybridized carbons (Fsp3) is 0.684. The summed E-state index contributed by atoms with van der Waals surface area (Å²) in [7, 11) is -1.34. The quantitative estimate of drug-likeness (QED) is 0.486. The molecular weight excluding hydrogens is 272 g/mol. The van der Waals surface area contributed by atoms with Crippen LogP contribution in [0.3, 0.4) is 0 Å². The number of benzene rings is 1. The van der Waals surface area contributed by atoms with Crippen molar-refractivity contribution in [3.63, 3.8) is 0 Å². The van der Waals surface area contributed by atoms with E-state index in [4.69, 9.17) is 4.74 Å². The number of rotatable bonds is 8. The van der Waals surface area contributed by atoms with E-state index in [0.717, 1.165) is 12.5 Å². The molecule has 1 aromatic rings. The molecule has 1 saturated heterocycles. The van der Waals surface area contributed by atoms with Crippen LogP contribution in [0.2, 0.25) is 19.1 Å². The fourth-order valence-corrected chi connectivity index (χ4v) is 6.31. The highest BCUT2D eigenvalue weighted by atomic mass is 28.3. The molecule has 0 spiro atoms. The summed E-state index contributed by atoms with van der Waals surface area (Å²) >= 11 is 0. The first-order chi connectivity index (χ1) is 10.1. The van der Waals surface area contributed by atoms with Crippen LogP contribution in [0.5, 0.6) is 0 Å². The lowest BCUT2D eigenvalue weighted by Gasteiger charge is -2.26. The van der Waals surface area contributed by atoms with Crippen LogP contribution in [0.25, 0.3) is 0 Å². The normalized spacial score (nSPS) is 22.6. The first-order valence-corrected chi connectivity index (χ1v) is 12.0. The summed E-state index contributed by atoms with van der Waals surface area (Å²) in [4.78, 5) is 0. The maximum absolute atomic E-state index is 6.11. The Morgan fingerprint density at radius 3 is 2.57 bits per heavy atom. The van der Waals surface area contributed by atoms with Gasteiger partial charge in [0.25, 0.3) is 0 Å². The van der Waals surface area contributed by atoms with Gasteiger partial charge in [0, 0.05) is 6.61 Å². The van der Waals surface area contributed by atoms with Gasteiger partial charge < -0.3 is 4.74 Å². The summed E-state index contributed by atoms with van der Waals surface area (Å²) in [6, 6.07) is 12.4. The second kappa shape index (κ2) is 8.14. The van der Waals surface area contributed by atoms with Crippen molar-refractivity contribution in [2.24, 2.45) is 5.92 Å². The zero-order valence-corrected chi connectivity index (χ0v) is 15.1. The van der Waals surface area contributed by atoms with E-state index < -0.39 is 8.07 Å². The molecule has 2 rings (SSSR count). The van der Waals surface area contributed by atoms with Crippen LogP contribution in [-0.4, -0.2) is 20.8 Å². The largest absolute Gasteiger partial charge is 0.378 e. The Hall–Kier alpha value is -0.603. The van der Waals surface area contributed by atoms with Gasteiger partial charge in [-0.15, -0.1) is 0 Å². The van der Waals surface area contributed by atoms with Gasteiger partial charge in [0.15, 0.2) is 0 Å². The summed E-state index contributed by atoms with van der Waals surface area (Å²) in [5.74, 6) is 0.826. The Morgan fingerprint density at radius 1 is 1.10 bits per heavy atom. The van der Waals surface area contributed by atoms with E-state index in [2.05, 4.69) is 50.3 Å². The van der Waals surface area contributed by atoms with Gasteiger partial charge in [-0.3, -0.25) is 0 Å². The molecule has 1 aliphatic heterocycles. The SMILES string of the molecule is CCCCCCC1COC(C[Si](C)(C)c2ccccc2)C1. The van der Waals surface area contributed by atoms with Crippen molar-refractivity contribution < 1.29 is 4.74 Å². The molecule has 0 amide bonds. The van der Waals surface area contributed by atoms with E-state index in [1.54, 1.807) is 5.19 Å². The second-order valence-corrected chi connectivity index (χ2v) is 12.1. The minimum atomic E-state index is -1.34. The van der Waals surface area contributed by atoms with Crippen molar-refractivity contribution in [1.29, 1.82) is 0 Å². The molecule has 0 saturated carbocycles. The highest BCUT2D eigenvalue weighted by Gasteiger charge is 2.32. The zero-order valence-electron chi connectivity index (χ0n) is 14.1. The molecule has 1 heterocycles. The first kappa shape index (κ1) is 16.8. The van der Waals surface area contributed by atoms with E-state index in [9.17, 15) is 0 Å². The molecule has 118 valence electrons. The molecule has 0 N–H and O–H groups in total. The third kappa shape index (κ3) is 5.26. The third-order valence-corrected chi connectivity index (χ3v) is 8.30. The monoisotopic (exact) mass is 304 g/mol. The van der Waals surface area contributed by atoms with Crippen LogP contribution in [-0.2, 0) is 4.74 Å². The standard InChI is InChI=1S/C19H32OSi/c1-4-5-6-8-11-17-14-18(20-15-17)16-21(2,3)19-12-9-7-10-13-19/h7,9-10,12-13,17-18H,4-6,8,11,14-16H2,1-3H3. The predicted molar refractivity (Wildman–Crippen MR) is 95.0 cm³/mol. The van der Waals surface area contributed by atoms with Gasteiger partial charge in [0.1, 0.15) is 0 Å². The Bertz CT molecular complexity index is 401. The topological polar surface area (TPSA) is 9.23 Å². The van der Waals surface area contributed by atoms with Crippen molar-refractivity contribution >= 4 is 13.3 Å².